The highest BCUT2D eigenvalue weighted by atomic mass is 19.2. The third-order valence-corrected chi connectivity index (χ3v) is 4.19. The second kappa shape index (κ2) is 7.56. The third kappa shape index (κ3) is 3.97. The van der Waals surface area contributed by atoms with Crippen LogP contribution in [0, 0.1) is 17.5 Å². The van der Waals surface area contributed by atoms with Crippen molar-refractivity contribution in [3.63, 3.8) is 0 Å². The van der Waals surface area contributed by atoms with E-state index in [2.05, 4.69) is 10.6 Å². The zero-order chi connectivity index (χ0) is 19.6. The highest BCUT2D eigenvalue weighted by molar-refractivity contribution is 5.95. The first-order valence-corrected chi connectivity index (χ1v) is 8.12. The first-order chi connectivity index (χ1) is 12.9. The maximum absolute atomic E-state index is 13.5. The van der Waals surface area contributed by atoms with Crippen molar-refractivity contribution in [2.24, 2.45) is 0 Å². The Kier molecular flexibility index (Phi) is 5.20. The van der Waals surface area contributed by atoms with Crippen molar-refractivity contribution in [1.82, 2.24) is 5.32 Å². The van der Waals surface area contributed by atoms with Gasteiger partial charge in [0.25, 0.3) is 0 Å². The second-order valence-electron chi connectivity index (χ2n) is 5.99. The lowest BCUT2D eigenvalue weighted by Gasteiger charge is -2.18. The molecular formula is C18H16F3N3O3. The van der Waals surface area contributed by atoms with Crippen molar-refractivity contribution < 1.29 is 27.9 Å². The number of halogens is 3. The van der Waals surface area contributed by atoms with Crippen LogP contribution in [-0.4, -0.2) is 36.6 Å². The Bertz CT molecular complexity index is 905. The maximum Gasteiger partial charge on any atom is 0.243 e. The highest BCUT2D eigenvalue weighted by Crippen LogP contribution is 2.33. The number of amides is 2. The molecule has 0 aromatic heterocycles. The van der Waals surface area contributed by atoms with Crippen molar-refractivity contribution in [3.8, 4) is 5.75 Å². The normalized spacial score (nSPS) is 12.6. The SMILES string of the molecule is O=C(CN1CCc2c(O)cccc21)NCC(=O)Nc1ccc(F)c(F)c1F. The molecule has 142 valence electrons. The van der Waals surface area contributed by atoms with Gasteiger partial charge in [-0.25, -0.2) is 13.2 Å². The molecule has 3 rings (SSSR count). The summed E-state index contributed by atoms with van der Waals surface area (Å²) in [6, 6.07) is 6.61. The fraction of sp³-hybridized carbons (Fsp3) is 0.222. The zero-order valence-electron chi connectivity index (χ0n) is 14.1. The average Bonchev–Trinajstić information content (AvgIpc) is 3.05. The molecule has 2 aromatic carbocycles. The number of fused-ring (bicyclic) bond motifs is 1. The number of hydrogen-bond donors (Lipinski definition) is 3. The molecule has 0 fully saturated rings. The summed E-state index contributed by atoms with van der Waals surface area (Å²) in [4.78, 5) is 25.6. The molecule has 0 bridgehead atoms. The molecule has 1 aliphatic rings. The molecule has 6 nitrogen and oxygen atoms in total. The van der Waals surface area contributed by atoms with Crippen LogP contribution in [-0.2, 0) is 16.0 Å². The topological polar surface area (TPSA) is 81.7 Å². The number of carbonyl (C=O) groups excluding carboxylic acids is 2. The van der Waals surface area contributed by atoms with Gasteiger partial charge in [-0.2, -0.15) is 0 Å². The van der Waals surface area contributed by atoms with Gasteiger partial charge in [0, 0.05) is 17.8 Å². The lowest BCUT2D eigenvalue weighted by molar-refractivity contribution is -0.123. The average molecular weight is 379 g/mol. The van der Waals surface area contributed by atoms with E-state index >= 15 is 0 Å². The molecule has 0 saturated carbocycles. The summed E-state index contributed by atoms with van der Waals surface area (Å²) < 4.78 is 39.5. The molecule has 0 radical (unpaired) electrons. The molecule has 0 saturated heterocycles. The fourth-order valence-electron chi connectivity index (χ4n) is 2.87. The van der Waals surface area contributed by atoms with Crippen LogP contribution < -0.4 is 15.5 Å². The van der Waals surface area contributed by atoms with Crippen molar-refractivity contribution in [2.75, 3.05) is 29.9 Å². The molecule has 9 heteroatoms. The van der Waals surface area contributed by atoms with Gasteiger partial charge in [0.05, 0.1) is 18.8 Å². The molecule has 0 spiro atoms. The zero-order valence-corrected chi connectivity index (χ0v) is 14.1. The van der Waals surface area contributed by atoms with Crippen LogP contribution in [0.5, 0.6) is 5.75 Å². The summed E-state index contributed by atoms with van der Waals surface area (Å²) in [6.45, 7) is 0.0634. The predicted octanol–water partition coefficient (Wildman–Crippen LogP) is 1.93. The van der Waals surface area contributed by atoms with E-state index in [1.54, 1.807) is 23.1 Å². The standard InChI is InChI=1S/C18H16F3N3O3/c19-11-4-5-12(18(21)17(11)20)23-15(26)8-22-16(27)9-24-7-6-10-13(24)2-1-3-14(10)25/h1-5,25H,6-9H2,(H,22,27)(H,23,26). The number of phenols is 1. The number of aromatic hydroxyl groups is 1. The largest absolute Gasteiger partial charge is 0.508 e. The number of benzene rings is 2. The summed E-state index contributed by atoms with van der Waals surface area (Å²) in [5.41, 5.74) is 0.993. The van der Waals surface area contributed by atoms with Gasteiger partial charge < -0.3 is 20.6 Å². The number of rotatable bonds is 5. The van der Waals surface area contributed by atoms with Gasteiger partial charge in [0.1, 0.15) is 5.75 Å². The van der Waals surface area contributed by atoms with Gasteiger partial charge >= 0.3 is 0 Å². The van der Waals surface area contributed by atoms with Crippen LogP contribution in [0.1, 0.15) is 5.56 Å². The number of hydrogen-bond acceptors (Lipinski definition) is 4. The van der Waals surface area contributed by atoms with Crippen molar-refractivity contribution in [1.29, 1.82) is 0 Å². The van der Waals surface area contributed by atoms with E-state index in [9.17, 15) is 27.9 Å². The van der Waals surface area contributed by atoms with Crippen LogP contribution in [0.4, 0.5) is 24.5 Å². The van der Waals surface area contributed by atoms with E-state index in [-0.39, 0.29) is 12.3 Å². The summed E-state index contributed by atoms with van der Waals surface area (Å²) >= 11 is 0. The van der Waals surface area contributed by atoms with E-state index in [0.29, 0.717) is 19.0 Å². The van der Waals surface area contributed by atoms with Crippen molar-refractivity contribution >= 4 is 23.2 Å². The van der Waals surface area contributed by atoms with Gasteiger partial charge in [-0.3, -0.25) is 9.59 Å². The lowest BCUT2D eigenvalue weighted by atomic mass is 10.1. The number of phenolic OH excluding ortho intramolecular Hbond substituents is 1. The molecule has 3 N–H and O–H groups in total. The Balaban J connectivity index is 1.52. The number of nitrogens with zero attached hydrogens (tertiary/aromatic N) is 1. The Morgan fingerprint density at radius 2 is 1.85 bits per heavy atom. The Morgan fingerprint density at radius 3 is 2.63 bits per heavy atom. The minimum atomic E-state index is -1.69. The number of carbonyl (C=O) groups is 2. The lowest BCUT2D eigenvalue weighted by Crippen LogP contribution is -2.40. The third-order valence-electron chi connectivity index (χ3n) is 4.19. The van der Waals surface area contributed by atoms with Gasteiger partial charge in [-0.15, -0.1) is 0 Å². The first kappa shape index (κ1) is 18.6. The summed E-state index contributed by atoms with van der Waals surface area (Å²) in [7, 11) is 0. The number of anilines is 2. The summed E-state index contributed by atoms with van der Waals surface area (Å²) in [6.07, 6.45) is 0.602. The van der Waals surface area contributed by atoms with Crippen LogP contribution in [0.2, 0.25) is 0 Å². The Labute approximate surface area is 152 Å². The van der Waals surface area contributed by atoms with Gasteiger partial charge in [0.2, 0.25) is 11.8 Å². The van der Waals surface area contributed by atoms with E-state index in [1.165, 1.54) is 0 Å². The Morgan fingerprint density at radius 1 is 1.07 bits per heavy atom. The van der Waals surface area contributed by atoms with Gasteiger partial charge in [0.15, 0.2) is 17.5 Å². The Hall–Kier alpha value is -3.23. The van der Waals surface area contributed by atoms with Crippen LogP contribution >= 0.6 is 0 Å². The predicted molar refractivity (Wildman–Crippen MR) is 92.0 cm³/mol. The molecule has 0 aliphatic carbocycles. The molecule has 2 amide bonds. The molecule has 27 heavy (non-hydrogen) atoms. The van der Waals surface area contributed by atoms with Crippen LogP contribution in [0.3, 0.4) is 0 Å². The molecule has 1 aliphatic heterocycles. The van der Waals surface area contributed by atoms with E-state index < -0.39 is 41.5 Å². The van der Waals surface area contributed by atoms with Gasteiger partial charge in [-0.05, 0) is 30.7 Å². The molecule has 0 atom stereocenters. The highest BCUT2D eigenvalue weighted by Gasteiger charge is 2.23. The molecule has 1 heterocycles. The maximum atomic E-state index is 13.5. The van der Waals surface area contributed by atoms with E-state index in [4.69, 9.17) is 0 Å². The smallest absolute Gasteiger partial charge is 0.243 e. The summed E-state index contributed by atoms with van der Waals surface area (Å²) in [5.74, 6) is -5.63. The monoisotopic (exact) mass is 379 g/mol. The van der Waals surface area contributed by atoms with E-state index in [0.717, 1.165) is 17.3 Å². The molecule has 0 unspecified atom stereocenters. The second-order valence-corrected chi connectivity index (χ2v) is 5.99. The van der Waals surface area contributed by atoms with E-state index in [1.807, 2.05) is 0 Å². The summed E-state index contributed by atoms with van der Waals surface area (Å²) in [5, 5.41) is 14.2. The fourth-order valence-corrected chi connectivity index (χ4v) is 2.87. The minimum absolute atomic E-state index is 0.0245. The van der Waals surface area contributed by atoms with Crippen molar-refractivity contribution in [2.45, 2.75) is 6.42 Å². The quantitative estimate of drug-likeness (QED) is 0.694. The first-order valence-electron chi connectivity index (χ1n) is 8.12. The minimum Gasteiger partial charge on any atom is -0.508 e. The van der Waals surface area contributed by atoms with Crippen molar-refractivity contribution in [3.05, 3.63) is 53.3 Å². The van der Waals surface area contributed by atoms with Crippen LogP contribution in [0.25, 0.3) is 0 Å². The molecule has 2 aromatic rings. The molecular weight excluding hydrogens is 363 g/mol. The number of nitrogens with one attached hydrogen (secondary N) is 2. The van der Waals surface area contributed by atoms with Gasteiger partial charge in [-0.1, -0.05) is 6.07 Å². The van der Waals surface area contributed by atoms with Crippen LogP contribution in [0.15, 0.2) is 30.3 Å².